The lowest BCUT2D eigenvalue weighted by Gasteiger charge is -2.21. The van der Waals surface area contributed by atoms with Gasteiger partial charge in [-0.15, -0.1) is 0 Å². The third kappa shape index (κ3) is 1.82. The van der Waals surface area contributed by atoms with Crippen LogP contribution < -0.4 is 10.6 Å². The van der Waals surface area contributed by atoms with Crippen molar-refractivity contribution in [3.8, 4) is 0 Å². The Kier molecular flexibility index (Phi) is 2.71. The van der Waals surface area contributed by atoms with Gasteiger partial charge in [0.05, 0.1) is 22.5 Å². The van der Waals surface area contributed by atoms with Crippen molar-refractivity contribution in [2.75, 3.05) is 18.4 Å². The fourth-order valence-electron chi connectivity index (χ4n) is 2.01. The molecule has 1 unspecified atom stereocenters. The normalized spacial score (nSPS) is 24.7. The number of carbonyl (C=O) groups excluding carboxylic acids is 1. The maximum Gasteiger partial charge on any atom is 0.231 e. The molecule has 0 aliphatic carbocycles. The molecule has 1 aliphatic heterocycles. The summed E-state index contributed by atoms with van der Waals surface area (Å²) in [6.07, 6.45) is 0.884. The topological polar surface area (TPSA) is 69.8 Å². The number of aryl methyl sites for hydroxylation is 2. The molecular weight excluding hydrogens is 204 g/mol. The lowest BCUT2D eigenvalue weighted by molar-refractivity contribution is -0.123. The number of aromatic nitrogens is 2. The number of nitrogens with zero attached hydrogens (tertiary/aromatic N) is 1. The van der Waals surface area contributed by atoms with Gasteiger partial charge >= 0.3 is 0 Å². The first kappa shape index (κ1) is 11.1. The van der Waals surface area contributed by atoms with Gasteiger partial charge in [-0.25, -0.2) is 0 Å². The van der Waals surface area contributed by atoms with E-state index >= 15 is 0 Å². The molecule has 1 fully saturated rings. The Labute approximate surface area is 95.0 Å². The van der Waals surface area contributed by atoms with Gasteiger partial charge in [0, 0.05) is 6.54 Å². The Bertz CT molecular complexity index is 385. The van der Waals surface area contributed by atoms with Crippen molar-refractivity contribution in [2.45, 2.75) is 27.2 Å². The lowest BCUT2D eigenvalue weighted by Crippen LogP contribution is -2.35. The predicted molar refractivity (Wildman–Crippen MR) is 62.3 cm³/mol. The average Bonchev–Trinajstić information content (AvgIpc) is 2.80. The van der Waals surface area contributed by atoms with E-state index in [9.17, 15) is 4.79 Å². The SMILES string of the molecule is Cc1n[nH]c(C)c1NC(=O)C1(C)CCNC1. The van der Waals surface area contributed by atoms with Gasteiger partial charge in [0.2, 0.25) is 5.91 Å². The molecule has 1 aliphatic rings. The fraction of sp³-hybridized carbons (Fsp3) is 0.636. The minimum Gasteiger partial charge on any atom is -0.322 e. The highest BCUT2D eigenvalue weighted by molar-refractivity contribution is 5.96. The van der Waals surface area contributed by atoms with E-state index < -0.39 is 0 Å². The van der Waals surface area contributed by atoms with E-state index in [1.165, 1.54) is 0 Å². The van der Waals surface area contributed by atoms with Gasteiger partial charge in [-0.1, -0.05) is 0 Å². The molecule has 2 rings (SSSR count). The summed E-state index contributed by atoms with van der Waals surface area (Å²) in [4.78, 5) is 12.1. The van der Waals surface area contributed by atoms with E-state index in [-0.39, 0.29) is 11.3 Å². The summed E-state index contributed by atoms with van der Waals surface area (Å²) < 4.78 is 0. The standard InChI is InChI=1S/C11H18N4O/c1-7-9(8(2)15-14-7)13-10(16)11(3)4-5-12-6-11/h12H,4-6H2,1-3H3,(H,13,16)(H,14,15). The minimum atomic E-state index is -0.295. The minimum absolute atomic E-state index is 0.0742. The molecule has 5 heteroatoms. The van der Waals surface area contributed by atoms with Crippen LogP contribution in [0.4, 0.5) is 5.69 Å². The van der Waals surface area contributed by atoms with Crippen LogP contribution in [0.25, 0.3) is 0 Å². The zero-order valence-electron chi connectivity index (χ0n) is 9.98. The molecule has 0 aromatic carbocycles. The summed E-state index contributed by atoms with van der Waals surface area (Å²) in [6.45, 7) is 7.44. The van der Waals surface area contributed by atoms with Crippen LogP contribution >= 0.6 is 0 Å². The van der Waals surface area contributed by atoms with Crippen molar-refractivity contribution in [3.63, 3.8) is 0 Å². The van der Waals surface area contributed by atoms with E-state index in [2.05, 4.69) is 20.8 Å². The van der Waals surface area contributed by atoms with Crippen molar-refractivity contribution in [1.82, 2.24) is 15.5 Å². The van der Waals surface area contributed by atoms with Crippen molar-refractivity contribution < 1.29 is 4.79 Å². The molecule has 2 heterocycles. The highest BCUT2D eigenvalue weighted by atomic mass is 16.2. The number of H-pyrrole nitrogens is 1. The number of anilines is 1. The molecule has 1 atom stereocenters. The van der Waals surface area contributed by atoms with Crippen LogP contribution in [0.2, 0.25) is 0 Å². The zero-order valence-corrected chi connectivity index (χ0v) is 9.98. The predicted octanol–water partition coefficient (Wildman–Crippen LogP) is 0.965. The van der Waals surface area contributed by atoms with E-state index in [4.69, 9.17) is 0 Å². The van der Waals surface area contributed by atoms with Gasteiger partial charge < -0.3 is 10.6 Å². The van der Waals surface area contributed by atoms with Crippen molar-refractivity contribution in [2.24, 2.45) is 5.41 Å². The van der Waals surface area contributed by atoms with E-state index in [0.717, 1.165) is 36.6 Å². The molecule has 0 radical (unpaired) electrons. The van der Waals surface area contributed by atoms with Crippen LogP contribution in [0, 0.1) is 19.3 Å². The second-order valence-electron chi connectivity index (χ2n) is 4.75. The summed E-state index contributed by atoms with van der Waals surface area (Å²) in [6, 6.07) is 0. The first-order valence-electron chi connectivity index (χ1n) is 5.57. The lowest BCUT2D eigenvalue weighted by atomic mass is 9.88. The van der Waals surface area contributed by atoms with Crippen LogP contribution in [-0.2, 0) is 4.79 Å². The summed E-state index contributed by atoms with van der Waals surface area (Å²) in [5.41, 5.74) is 2.26. The largest absolute Gasteiger partial charge is 0.322 e. The molecule has 0 bridgehead atoms. The quantitative estimate of drug-likeness (QED) is 0.698. The van der Waals surface area contributed by atoms with Crippen molar-refractivity contribution in [1.29, 1.82) is 0 Å². The number of carbonyl (C=O) groups is 1. The summed E-state index contributed by atoms with van der Waals surface area (Å²) >= 11 is 0. The number of hydrogen-bond acceptors (Lipinski definition) is 3. The molecule has 1 aromatic heterocycles. The summed E-state index contributed by atoms with van der Waals surface area (Å²) in [5, 5.41) is 13.1. The molecule has 3 N–H and O–H groups in total. The van der Waals surface area contributed by atoms with Crippen LogP contribution in [0.15, 0.2) is 0 Å². The Morgan fingerprint density at radius 2 is 2.25 bits per heavy atom. The van der Waals surface area contributed by atoms with Crippen LogP contribution in [0.1, 0.15) is 24.7 Å². The third-order valence-electron chi connectivity index (χ3n) is 3.28. The average molecular weight is 222 g/mol. The monoisotopic (exact) mass is 222 g/mol. The Morgan fingerprint density at radius 1 is 1.50 bits per heavy atom. The highest BCUT2D eigenvalue weighted by Gasteiger charge is 2.36. The molecule has 5 nitrogen and oxygen atoms in total. The van der Waals surface area contributed by atoms with E-state index in [0.29, 0.717) is 0 Å². The maximum absolute atomic E-state index is 12.1. The Morgan fingerprint density at radius 3 is 2.75 bits per heavy atom. The maximum atomic E-state index is 12.1. The summed E-state index contributed by atoms with van der Waals surface area (Å²) in [7, 11) is 0. The fourth-order valence-corrected chi connectivity index (χ4v) is 2.01. The number of amides is 1. The first-order valence-corrected chi connectivity index (χ1v) is 5.57. The van der Waals surface area contributed by atoms with E-state index in [1.807, 2.05) is 20.8 Å². The number of rotatable bonds is 2. The smallest absolute Gasteiger partial charge is 0.231 e. The molecule has 1 saturated heterocycles. The van der Waals surface area contributed by atoms with Crippen LogP contribution in [0.3, 0.4) is 0 Å². The summed E-state index contributed by atoms with van der Waals surface area (Å²) in [5.74, 6) is 0.0742. The second-order valence-corrected chi connectivity index (χ2v) is 4.75. The Hall–Kier alpha value is -1.36. The molecule has 0 spiro atoms. The molecule has 0 saturated carbocycles. The number of hydrogen-bond donors (Lipinski definition) is 3. The van der Waals surface area contributed by atoms with Gasteiger partial charge in [-0.3, -0.25) is 9.89 Å². The zero-order chi connectivity index (χ0) is 11.8. The van der Waals surface area contributed by atoms with Crippen LogP contribution in [0.5, 0.6) is 0 Å². The van der Waals surface area contributed by atoms with Gasteiger partial charge in [-0.05, 0) is 33.7 Å². The van der Waals surface area contributed by atoms with Gasteiger partial charge in [0.25, 0.3) is 0 Å². The number of aromatic amines is 1. The van der Waals surface area contributed by atoms with Gasteiger partial charge in [0.1, 0.15) is 0 Å². The molecule has 1 amide bonds. The van der Waals surface area contributed by atoms with E-state index in [1.54, 1.807) is 0 Å². The molecule has 88 valence electrons. The third-order valence-corrected chi connectivity index (χ3v) is 3.28. The molecule has 16 heavy (non-hydrogen) atoms. The highest BCUT2D eigenvalue weighted by Crippen LogP contribution is 2.27. The number of nitrogens with one attached hydrogen (secondary N) is 3. The first-order chi connectivity index (χ1) is 7.53. The molecule has 1 aromatic rings. The van der Waals surface area contributed by atoms with Crippen molar-refractivity contribution >= 4 is 11.6 Å². The molecular formula is C11H18N4O. The van der Waals surface area contributed by atoms with Crippen molar-refractivity contribution in [3.05, 3.63) is 11.4 Å². The van der Waals surface area contributed by atoms with Crippen LogP contribution in [-0.4, -0.2) is 29.2 Å². The van der Waals surface area contributed by atoms with Gasteiger partial charge in [-0.2, -0.15) is 5.10 Å². The second kappa shape index (κ2) is 3.90. The Balaban J connectivity index is 2.13. The van der Waals surface area contributed by atoms with Gasteiger partial charge in [0.15, 0.2) is 0 Å².